The molecule has 1 atom stereocenters. The number of rotatable bonds is 8. The molecular formula is C26H27N3O3. The molecule has 1 heterocycles. The van der Waals surface area contributed by atoms with Crippen molar-refractivity contribution in [3.8, 4) is 0 Å². The Morgan fingerprint density at radius 3 is 2.44 bits per heavy atom. The molecule has 4 rings (SSSR count). The summed E-state index contributed by atoms with van der Waals surface area (Å²) in [6, 6.07) is 20.6. The van der Waals surface area contributed by atoms with Gasteiger partial charge in [-0.1, -0.05) is 54.6 Å². The van der Waals surface area contributed by atoms with Crippen LogP contribution in [0.3, 0.4) is 0 Å². The lowest BCUT2D eigenvalue weighted by Crippen LogP contribution is -2.52. The first kappa shape index (κ1) is 21.6. The summed E-state index contributed by atoms with van der Waals surface area (Å²) in [5.41, 5.74) is 2.44. The smallest absolute Gasteiger partial charge is 0.259 e. The van der Waals surface area contributed by atoms with Crippen molar-refractivity contribution in [3.05, 3.63) is 77.9 Å². The predicted molar refractivity (Wildman–Crippen MR) is 126 cm³/mol. The fourth-order valence-corrected chi connectivity index (χ4v) is 4.25. The molecule has 6 nitrogen and oxygen atoms in total. The minimum absolute atomic E-state index is 0.106. The summed E-state index contributed by atoms with van der Waals surface area (Å²) in [4.78, 5) is 42.2. The van der Waals surface area contributed by atoms with Gasteiger partial charge in [0.15, 0.2) is 0 Å². The van der Waals surface area contributed by atoms with E-state index in [0.29, 0.717) is 25.1 Å². The summed E-state index contributed by atoms with van der Waals surface area (Å²) in [7, 11) is 0. The number of anilines is 1. The third kappa shape index (κ3) is 4.08. The lowest BCUT2D eigenvalue weighted by molar-refractivity contribution is -0.138. The Morgan fingerprint density at radius 2 is 1.72 bits per heavy atom. The first-order valence-electron chi connectivity index (χ1n) is 11.0. The average Bonchev–Trinajstić information content (AvgIpc) is 3.08. The van der Waals surface area contributed by atoms with Crippen LogP contribution in [0.1, 0.15) is 29.8 Å². The minimum atomic E-state index is -0.637. The van der Waals surface area contributed by atoms with Crippen molar-refractivity contribution in [2.45, 2.75) is 26.3 Å². The van der Waals surface area contributed by atoms with Gasteiger partial charge >= 0.3 is 0 Å². The molecule has 0 bridgehead atoms. The quantitative estimate of drug-likeness (QED) is 0.597. The number of nitrogens with one attached hydrogen (secondary N) is 1. The molecule has 0 radical (unpaired) electrons. The number of hydrogen-bond acceptors (Lipinski definition) is 3. The Kier molecular flexibility index (Phi) is 6.21. The second-order valence-electron chi connectivity index (χ2n) is 7.97. The topological polar surface area (TPSA) is 69.7 Å². The SMILES string of the molecule is CCNC(=O)[C@H](C)N(CCc1ccccc1)C(=O)CN1C(=O)c2cccc3cccc1c23. The zero-order valence-electron chi connectivity index (χ0n) is 18.4. The zero-order valence-corrected chi connectivity index (χ0v) is 18.4. The number of nitrogens with zero attached hydrogens (tertiary/aromatic N) is 2. The zero-order chi connectivity index (χ0) is 22.7. The van der Waals surface area contributed by atoms with Gasteiger partial charge in [0, 0.05) is 24.0 Å². The van der Waals surface area contributed by atoms with E-state index in [2.05, 4.69) is 5.32 Å². The van der Waals surface area contributed by atoms with Gasteiger partial charge in [-0.2, -0.15) is 0 Å². The second kappa shape index (κ2) is 9.22. The second-order valence-corrected chi connectivity index (χ2v) is 7.97. The molecule has 0 fully saturated rings. The molecule has 0 saturated heterocycles. The Hall–Kier alpha value is -3.67. The molecule has 1 aliphatic rings. The third-order valence-corrected chi connectivity index (χ3v) is 5.94. The summed E-state index contributed by atoms with van der Waals surface area (Å²) < 4.78 is 0. The van der Waals surface area contributed by atoms with E-state index >= 15 is 0 Å². The van der Waals surface area contributed by atoms with Gasteiger partial charge in [0.2, 0.25) is 11.8 Å². The van der Waals surface area contributed by atoms with Crippen molar-refractivity contribution < 1.29 is 14.4 Å². The molecule has 164 valence electrons. The predicted octanol–water partition coefficient (Wildman–Crippen LogP) is 3.40. The monoisotopic (exact) mass is 429 g/mol. The van der Waals surface area contributed by atoms with Crippen LogP contribution in [0.5, 0.6) is 0 Å². The Balaban J connectivity index is 1.57. The number of benzene rings is 3. The molecule has 3 amide bonds. The van der Waals surface area contributed by atoms with Crippen LogP contribution in [0.25, 0.3) is 10.8 Å². The van der Waals surface area contributed by atoms with Crippen molar-refractivity contribution in [1.29, 1.82) is 0 Å². The van der Waals surface area contributed by atoms with Gasteiger partial charge in [-0.25, -0.2) is 0 Å². The molecule has 6 heteroatoms. The third-order valence-electron chi connectivity index (χ3n) is 5.94. The van der Waals surface area contributed by atoms with Crippen molar-refractivity contribution in [2.75, 3.05) is 24.5 Å². The van der Waals surface area contributed by atoms with Gasteiger partial charge in [0.05, 0.1) is 5.69 Å². The van der Waals surface area contributed by atoms with Crippen molar-refractivity contribution in [3.63, 3.8) is 0 Å². The Labute approximate surface area is 187 Å². The van der Waals surface area contributed by atoms with E-state index < -0.39 is 6.04 Å². The lowest BCUT2D eigenvalue weighted by atomic mass is 10.1. The molecule has 32 heavy (non-hydrogen) atoms. The number of amides is 3. The number of carbonyl (C=O) groups excluding carboxylic acids is 3. The van der Waals surface area contributed by atoms with Crippen LogP contribution in [0.4, 0.5) is 5.69 Å². The molecule has 0 unspecified atom stereocenters. The molecule has 0 spiro atoms. The summed E-state index contributed by atoms with van der Waals surface area (Å²) >= 11 is 0. The van der Waals surface area contributed by atoms with Crippen LogP contribution in [0.15, 0.2) is 66.7 Å². The standard InChI is InChI=1S/C26H27N3O3/c1-3-27-25(31)18(2)28(16-15-19-9-5-4-6-10-19)23(30)17-29-22-14-8-12-20-11-7-13-21(24(20)22)26(29)32/h4-14,18H,3,15-17H2,1-2H3,(H,27,31)/t18-/m0/s1. The van der Waals surface area contributed by atoms with E-state index in [9.17, 15) is 14.4 Å². The van der Waals surface area contributed by atoms with Gasteiger partial charge in [-0.15, -0.1) is 0 Å². The van der Waals surface area contributed by atoms with Gasteiger partial charge in [0.25, 0.3) is 5.91 Å². The molecular weight excluding hydrogens is 402 g/mol. The summed E-state index contributed by atoms with van der Waals surface area (Å²) in [6.07, 6.45) is 0.625. The van der Waals surface area contributed by atoms with Crippen LogP contribution in [-0.4, -0.2) is 48.3 Å². The Morgan fingerprint density at radius 1 is 1.00 bits per heavy atom. The number of likely N-dealkylation sites (N-methyl/N-ethyl adjacent to an activating group) is 1. The first-order valence-corrected chi connectivity index (χ1v) is 11.0. The van der Waals surface area contributed by atoms with Gasteiger partial charge in [-0.3, -0.25) is 19.3 Å². The van der Waals surface area contributed by atoms with E-state index in [1.807, 2.05) is 67.6 Å². The van der Waals surface area contributed by atoms with E-state index in [4.69, 9.17) is 0 Å². The molecule has 1 aliphatic heterocycles. The maximum atomic E-state index is 13.4. The van der Waals surface area contributed by atoms with Gasteiger partial charge < -0.3 is 10.2 Å². The van der Waals surface area contributed by atoms with Crippen LogP contribution in [-0.2, 0) is 16.0 Å². The average molecular weight is 430 g/mol. The fourth-order valence-electron chi connectivity index (χ4n) is 4.25. The number of hydrogen-bond donors (Lipinski definition) is 1. The largest absolute Gasteiger partial charge is 0.355 e. The van der Waals surface area contributed by atoms with Crippen molar-refractivity contribution in [1.82, 2.24) is 10.2 Å². The molecule has 0 aromatic heterocycles. The highest BCUT2D eigenvalue weighted by Crippen LogP contribution is 2.37. The highest BCUT2D eigenvalue weighted by Gasteiger charge is 2.34. The van der Waals surface area contributed by atoms with Crippen LogP contribution >= 0.6 is 0 Å². The molecule has 3 aromatic carbocycles. The summed E-state index contributed by atoms with van der Waals surface area (Å²) in [5.74, 6) is -0.635. The Bertz CT molecular complexity index is 1150. The molecule has 0 saturated carbocycles. The van der Waals surface area contributed by atoms with Gasteiger partial charge in [0.1, 0.15) is 12.6 Å². The maximum absolute atomic E-state index is 13.4. The van der Waals surface area contributed by atoms with E-state index in [-0.39, 0.29) is 24.3 Å². The molecule has 1 N–H and O–H groups in total. The maximum Gasteiger partial charge on any atom is 0.259 e. The highest BCUT2D eigenvalue weighted by atomic mass is 16.2. The van der Waals surface area contributed by atoms with Crippen molar-refractivity contribution >= 4 is 34.2 Å². The highest BCUT2D eigenvalue weighted by molar-refractivity contribution is 6.26. The van der Waals surface area contributed by atoms with E-state index in [0.717, 1.165) is 22.0 Å². The van der Waals surface area contributed by atoms with Crippen LogP contribution in [0, 0.1) is 0 Å². The fraction of sp³-hybridized carbons (Fsp3) is 0.269. The van der Waals surface area contributed by atoms with Crippen LogP contribution in [0.2, 0.25) is 0 Å². The van der Waals surface area contributed by atoms with Crippen LogP contribution < -0.4 is 10.2 Å². The molecule has 0 aliphatic carbocycles. The molecule has 3 aromatic rings. The number of carbonyl (C=O) groups is 3. The van der Waals surface area contributed by atoms with E-state index in [1.165, 1.54) is 4.90 Å². The summed E-state index contributed by atoms with van der Waals surface area (Å²) in [6.45, 7) is 4.36. The lowest BCUT2D eigenvalue weighted by Gasteiger charge is -2.30. The minimum Gasteiger partial charge on any atom is -0.355 e. The van der Waals surface area contributed by atoms with Gasteiger partial charge in [-0.05, 0) is 43.4 Å². The van der Waals surface area contributed by atoms with Crippen molar-refractivity contribution in [2.24, 2.45) is 0 Å². The van der Waals surface area contributed by atoms with E-state index in [1.54, 1.807) is 17.9 Å². The summed E-state index contributed by atoms with van der Waals surface area (Å²) in [5, 5.41) is 4.65. The normalized spacial score (nSPS) is 13.3. The first-order chi connectivity index (χ1) is 15.5.